The lowest BCUT2D eigenvalue weighted by molar-refractivity contribution is -0.470. The summed E-state index contributed by atoms with van der Waals surface area (Å²) in [5.74, 6) is 0. The van der Waals surface area contributed by atoms with E-state index in [4.69, 9.17) is 0 Å². The highest BCUT2D eigenvalue weighted by molar-refractivity contribution is 5.79. The van der Waals surface area contributed by atoms with Crippen LogP contribution in [-0.4, -0.2) is 32.6 Å². The standard InChI is InChI=1S/C29H33N4/c1-22(2)32-18-6-8-29(32)21-33(23(3)4)28-15-11-25(12-16-28)19-24-9-13-26(14-10-24)31-20-27-7-5-17-30-27/h5-18,20-23,30H,19H2,1-4H3/q+1. The highest BCUT2D eigenvalue weighted by Crippen LogP contribution is 2.20. The third-order valence-corrected chi connectivity index (χ3v) is 5.75. The van der Waals surface area contributed by atoms with Gasteiger partial charge in [0.1, 0.15) is 5.69 Å². The number of nitrogens with zero attached hydrogens (tertiary/aromatic N) is 3. The molecule has 4 rings (SSSR count). The number of aromatic amines is 1. The summed E-state index contributed by atoms with van der Waals surface area (Å²) in [6.07, 6.45) is 9.06. The van der Waals surface area contributed by atoms with Crippen molar-refractivity contribution in [2.24, 2.45) is 4.99 Å². The molecular formula is C29H33N4+. The van der Waals surface area contributed by atoms with Crippen molar-refractivity contribution in [3.63, 3.8) is 0 Å². The third kappa shape index (κ3) is 5.78. The summed E-state index contributed by atoms with van der Waals surface area (Å²) >= 11 is 0. The van der Waals surface area contributed by atoms with Crippen molar-refractivity contribution in [2.75, 3.05) is 0 Å². The summed E-state index contributed by atoms with van der Waals surface area (Å²) in [5.41, 5.74) is 6.97. The third-order valence-electron chi connectivity index (χ3n) is 5.75. The van der Waals surface area contributed by atoms with Gasteiger partial charge in [-0.05, 0) is 81.6 Å². The van der Waals surface area contributed by atoms with Gasteiger partial charge in [-0.1, -0.05) is 24.3 Å². The van der Waals surface area contributed by atoms with Crippen LogP contribution in [0, 0.1) is 0 Å². The molecule has 0 aliphatic rings. The Labute approximate surface area is 197 Å². The zero-order chi connectivity index (χ0) is 23.2. The quantitative estimate of drug-likeness (QED) is 0.230. The molecule has 0 spiro atoms. The lowest BCUT2D eigenvalue weighted by atomic mass is 10.0. The van der Waals surface area contributed by atoms with Gasteiger partial charge >= 0.3 is 0 Å². The van der Waals surface area contributed by atoms with Gasteiger partial charge in [-0.3, -0.25) is 4.99 Å². The molecule has 0 aliphatic heterocycles. The Hall–Kier alpha value is -3.66. The summed E-state index contributed by atoms with van der Waals surface area (Å²) in [4.78, 5) is 7.66. The van der Waals surface area contributed by atoms with Crippen LogP contribution in [0.3, 0.4) is 0 Å². The number of benzene rings is 2. The molecule has 4 aromatic rings. The van der Waals surface area contributed by atoms with Gasteiger partial charge in [0.05, 0.1) is 17.6 Å². The highest BCUT2D eigenvalue weighted by atomic mass is 15.1. The Morgan fingerprint density at radius 3 is 2.18 bits per heavy atom. The van der Waals surface area contributed by atoms with E-state index in [2.05, 4.69) is 120 Å². The van der Waals surface area contributed by atoms with Crippen LogP contribution in [0.1, 0.15) is 56.3 Å². The number of aromatic nitrogens is 2. The Balaban J connectivity index is 1.47. The number of hydrogen-bond acceptors (Lipinski definition) is 1. The van der Waals surface area contributed by atoms with Gasteiger partial charge in [-0.2, -0.15) is 4.58 Å². The molecular weight excluding hydrogens is 404 g/mol. The van der Waals surface area contributed by atoms with E-state index in [0.717, 1.165) is 17.8 Å². The summed E-state index contributed by atoms with van der Waals surface area (Å²) in [7, 11) is 0. The first-order chi connectivity index (χ1) is 16.0. The smallest absolute Gasteiger partial charge is 0.205 e. The fraction of sp³-hybridized carbons (Fsp3) is 0.241. The number of H-pyrrole nitrogens is 1. The van der Waals surface area contributed by atoms with Crippen molar-refractivity contribution >= 4 is 23.8 Å². The van der Waals surface area contributed by atoms with Gasteiger partial charge < -0.3 is 9.55 Å². The molecule has 2 aromatic heterocycles. The highest BCUT2D eigenvalue weighted by Gasteiger charge is 2.16. The van der Waals surface area contributed by atoms with Gasteiger partial charge in [0.2, 0.25) is 5.69 Å². The summed E-state index contributed by atoms with van der Waals surface area (Å²) in [5, 5.41) is 0. The maximum absolute atomic E-state index is 4.52. The van der Waals surface area contributed by atoms with E-state index in [0.29, 0.717) is 12.1 Å². The van der Waals surface area contributed by atoms with Crippen molar-refractivity contribution in [2.45, 2.75) is 46.2 Å². The Morgan fingerprint density at radius 1 is 0.879 bits per heavy atom. The van der Waals surface area contributed by atoms with Crippen molar-refractivity contribution in [3.05, 3.63) is 108 Å². The first kappa shape index (κ1) is 22.5. The van der Waals surface area contributed by atoms with Crippen molar-refractivity contribution in [1.82, 2.24) is 9.55 Å². The number of aliphatic imine (C=N–C) groups is 1. The zero-order valence-electron chi connectivity index (χ0n) is 19.9. The first-order valence-electron chi connectivity index (χ1n) is 11.6. The predicted octanol–water partition coefficient (Wildman–Crippen LogP) is 6.91. The molecule has 4 nitrogen and oxygen atoms in total. The van der Waals surface area contributed by atoms with E-state index in [1.807, 2.05) is 24.5 Å². The number of rotatable bonds is 8. The van der Waals surface area contributed by atoms with Crippen molar-refractivity contribution < 1.29 is 4.58 Å². The van der Waals surface area contributed by atoms with Crippen LogP contribution in [-0.2, 0) is 6.42 Å². The normalized spacial score (nSPS) is 12.4. The largest absolute Gasteiger partial charge is 0.360 e. The summed E-state index contributed by atoms with van der Waals surface area (Å²) in [6, 6.07) is 26.4. The van der Waals surface area contributed by atoms with Crippen LogP contribution in [0.25, 0.3) is 0 Å². The Kier molecular flexibility index (Phi) is 7.04. The fourth-order valence-corrected chi connectivity index (χ4v) is 3.94. The molecule has 1 N–H and O–H groups in total. The van der Waals surface area contributed by atoms with E-state index >= 15 is 0 Å². The molecule has 2 aromatic carbocycles. The molecule has 0 unspecified atom stereocenters. The molecule has 0 fully saturated rings. The van der Waals surface area contributed by atoms with E-state index in [1.54, 1.807) is 0 Å². The van der Waals surface area contributed by atoms with Crippen LogP contribution in [0.4, 0.5) is 11.4 Å². The molecule has 2 heterocycles. The monoisotopic (exact) mass is 437 g/mol. The lowest BCUT2D eigenvalue weighted by Gasteiger charge is -2.12. The molecule has 0 saturated carbocycles. The average Bonchev–Trinajstić information content (AvgIpc) is 3.50. The minimum absolute atomic E-state index is 0.366. The van der Waals surface area contributed by atoms with Crippen LogP contribution in [0.5, 0.6) is 0 Å². The van der Waals surface area contributed by atoms with Gasteiger partial charge in [-0.15, -0.1) is 0 Å². The van der Waals surface area contributed by atoms with Crippen LogP contribution in [0.15, 0.2) is 90.2 Å². The van der Waals surface area contributed by atoms with Gasteiger partial charge in [0.25, 0.3) is 0 Å². The van der Waals surface area contributed by atoms with E-state index in [9.17, 15) is 0 Å². The maximum Gasteiger partial charge on any atom is 0.205 e. The summed E-state index contributed by atoms with van der Waals surface area (Å²) in [6.45, 7) is 8.89. The fourth-order valence-electron chi connectivity index (χ4n) is 3.94. The average molecular weight is 438 g/mol. The van der Waals surface area contributed by atoms with Crippen LogP contribution in [0.2, 0.25) is 0 Å². The second-order valence-electron chi connectivity index (χ2n) is 8.96. The topological polar surface area (TPSA) is 36.1 Å². The molecule has 168 valence electrons. The van der Waals surface area contributed by atoms with E-state index in [-0.39, 0.29) is 0 Å². The van der Waals surface area contributed by atoms with Crippen molar-refractivity contribution in [1.29, 1.82) is 0 Å². The molecule has 4 heteroatoms. The molecule has 0 bridgehead atoms. The van der Waals surface area contributed by atoms with Gasteiger partial charge in [0.15, 0.2) is 12.3 Å². The van der Waals surface area contributed by atoms with Crippen molar-refractivity contribution in [3.8, 4) is 0 Å². The van der Waals surface area contributed by atoms with Crippen LogP contribution >= 0.6 is 0 Å². The Bertz CT molecular complexity index is 1210. The molecule has 0 amide bonds. The molecule has 0 radical (unpaired) electrons. The van der Waals surface area contributed by atoms with E-state index in [1.165, 1.54) is 22.5 Å². The minimum Gasteiger partial charge on any atom is -0.360 e. The van der Waals surface area contributed by atoms with E-state index < -0.39 is 0 Å². The van der Waals surface area contributed by atoms with Gasteiger partial charge in [0, 0.05) is 30.6 Å². The minimum atomic E-state index is 0.366. The second-order valence-corrected chi connectivity index (χ2v) is 8.96. The Morgan fingerprint density at radius 2 is 1.58 bits per heavy atom. The predicted molar refractivity (Wildman–Crippen MR) is 139 cm³/mol. The second kappa shape index (κ2) is 10.3. The molecule has 0 aliphatic carbocycles. The van der Waals surface area contributed by atoms with Gasteiger partial charge in [-0.25, -0.2) is 0 Å². The SMILES string of the molecule is CC(C)n1cccc1C=[N+](c1ccc(Cc2ccc(N=Cc3ccc[nH]3)cc2)cc1)C(C)C. The number of nitrogens with one attached hydrogen (secondary N) is 1. The first-order valence-corrected chi connectivity index (χ1v) is 11.6. The zero-order valence-corrected chi connectivity index (χ0v) is 19.9. The summed E-state index contributed by atoms with van der Waals surface area (Å²) < 4.78 is 4.64. The van der Waals surface area contributed by atoms with Crippen LogP contribution < -0.4 is 0 Å². The number of hydrogen-bond donors (Lipinski definition) is 1. The molecule has 0 saturated heterocycles. The molecule has 0 atom stereocenters. The maximum atomic E-state index is 4.52. The molecule has 33 heavy (non-hydrogen) atoms. The lowest BCUT2D eigenvalue weighted by Crippen LogP contribution is -2.18.